The van der Waals surface area contributed by atoms with Crippen LogP contribution in [-0.4, -0.2) is 28.0 Å². The third kappa shape index (κ3) is 4.70. The minimum atomic E-state index is -0.462. The number of carbonyl (C=O) groups excluding carboxylic acids is 2. The first kappa shape index (κ1) is 22.4. The quantitative estimate of drug-likeness (QED) is 0.425. The van der Waals surface area contributed by atoms with Crippen LogP contribution in [0.2, 0.25) is 0 Å². The molecule has 0 fully saturated rings. The first-order chi connectivity index (χ1) is 15.9. The minimum Gasteiger partial charge on any atom is -0.462 e. The largest absolute Gasteiger partial charge is 0.462 e. The summed E-state index contributed by atoms with van der Waals surface area (Å²) < 4.78 is 6.29. The van der Waals surface area contributed by atoms with Gasteiger partial charge in [0.05, 0.1) is 23.9 Å². The SMILES string of the molecule is CCOC(=O)c1cccc(NC(=O)Cn2cnc3sc(C)c(-c4ccc(C)cc4)c3c2=O)c1. The Morgan fingerprint density at radius 2 is 1.88 bits per heavy atom. The predicted octanol–water partition coefficient (Wildman–Crippen LogP) is 4.56. The smallest absolute Gasteiger partial charge is 0.338 e. The van der Waals surface area contributed by atoms with Crippen LogP contribution in [0.3, 0.4) is 0 Å². The van der Waals surface area contributed by atoms with E-state index in [4.69, 9.17) is 4.74 Å². The molecule has 168 valence electrons. The highest BCUT2D eigenvalue weighted by molar-refractivity contribution is 7.19. The molecule has 0 bridgehead atoms. The number of nitrogens with zero attached hydrogens (tertiary/aromatic N) is 2. The van der Waals surface area contributed by atoms with Gasteiger partial charge in [0.15, 0.2) is 0 Å². The van der Waals surface area contributed by atoms with Gasteiger partial charge in [0.1, 0.15) is 11.4 Å². The summed E-state index contributed by atoms with van der Waals surface area (Å²) in [5.41, 5.74) is 3.45. The first-order valence-electron chi connectivity index (χ1n) is 10.5. The van der Waals surface area contributed by atoms with Crippen LogP contribution in [0.15, 0.2) is 59.7 Å². The van der Waals surface area contributed by atoms with Crippen LogP contribution in [0.5, 0.6) is 0 Å². The Bertz CT molecular complexity index is 1400. The maximum atomic E-state index is 13.3. The Morgan fingerprint density at radius 3 is 2.61 bits per heavy atom. The number of hydrogen-bond acceptors (Lipinski definition) is 6. The number of fused-ring (bicyclic) bond motifs is 1. The van der Waals surface area contributed by atoms with E-state index in [1.54, 1.807) is 25.1 Å². The van der Waals surface area contributed by atoms with Gasteiger partial charge in [-0.15, -0.1) is 11.3 Å². The lowest BCUT2D eigenvalue weighted by molar-refractivity contribution is -0.116. The number of aromatic nitrogens is 2. The highest BCUT2D eigenvalue weighted by Gasteiger charge is 2.18. The molecule has 1 amide bonds. The molecule has 1 N–H and O–H groups in total. The van der Waals surface area contributed by atoms with Crippen molar-refractivity contribution in [1.29, 1.82) is 0 Å². The molecule has 4 rings (SSSR count). The van der Waals surface area contributed by atoms with Gasteiger partial charge in [-0.3, -0.25) is 14.2 Å². The number of esters is 1. The van der Waals surface area contributed by atoms with Gasteiger partial charge in [0.2, 0.25) is 5.91 Å². The Morgan fingerprint density at radius 1 is 1.12 bits per heavy atom. The summed E-state index contributed by atoms with van der Waals surface area (Å²) in [6, 6.07) is 14.5. The van der Waals surface area contributed by atoms with Crippen molar-refractivity contribution >= 4 is 39.1 Å². The van der Waals surface area contributed by atoms with Crippen LogP contribution < -0.4 is 10.9 Å². The molecule has 4 aromatic rings. The van der Waals surface area contributed by atoms with E-state index in [0.717, 1.165) is 21.6 Å². The number of anilines is 1. The van der Waals surface area contributed by atoms with E-state index < -0.39 is 11.9 Å². The number of carbonyl (C=O) groups is 2. The van der Waals surface area contributed by atoms with E-state index in [-0.39, 0.29) is 18.7 Å². The van der Waals surface area contributed by atoms with Crippen molar-refractivity contribution in [3.63, 3.8) is 0 Å². The van der Waals surface area contributed by atoms with Crippen molar-refractivity contribution in [3.05, 3.63) is 81.2 Å². The molecule has 7 nitrogen and oxygen atoms in total. The summed E-state index contributed by atoms with van der Waals surface area (Å²) in [4.78, 5) is 43.9. The van der Waals surface area contributed by atoms with Gasteiger partial charge in [-0.25, -0.2) is 9.78 Å². The molecule has 2 aromatic carbocycles. The van der Waals surface area contributed by atoms with E-state index >= 15 is 0 Å². The van der Waals surface area contributed by atoms with E-state index in [2.05, 4.69) is 10.3 Å². The summed E-state index contributed by atoms with van der Waals surface area (Å²) in [5, 5.41) is 3.24. The fourth-order valence-electron chi connectivity index (χ4n) is 3.61. The van der Waals surface area contributed by atoms with Crippen molar-refractivity contribution in [2.45, 2.75) is 27.3 Å². The molecular formula is C25H23N3O4S. The number of hydrogen-bond donors (Lipinski definition) is 1. The second kappa shape index (κ2) is 9.38. The number of nitrogens with one attached hydrogen (secondary N) is 1. The van der Waals surface area contributed by atoms with Crippen molar-refractivity contribution in [3.8, 4) is 11.1 Å². The van der Waals surface area contributed by atoms with Crippen molar-refractivity contribution in [1.82, 2.24) is 9.55 Å². The second-order valence-electron chi connectivity index (χ2n) is 7.61. The zero-order chi connectivity index (χ0) is 23.5. The molecule has 0 spiro atoms. The number of ether oxygens (including phenoxy) is 1. The maximum Gasteiger partial charge on any atom is 0.338 e. The summed E-state index contributed by atoms with van der Waals surface area (Å²) in [6.45, 7) is 5.77. The zero-order valence-corrected chi connectivity index (χ0v) is 19.4. The lowest BCUT2D eigenvalue weighted by Gasteiger charge is -2.09. The second-order valence-corrected chi connectivity index (χ2v) is 8.81. The van der Waals surface area contributed by atoms with Gasteiger partial charge in [-0.2, -0.15) is 0 Å². The summed E-state index contributed by atoms with van der Waals surface area (Å²) in [7, 11) is 0. The lowest BCUT2D eigenvalue weighted by Crippen LogP contribution is -2.27. The van der Waals surface area contributed by atoms with E-state index in [9.17, 15) is 14.4 Å². The fourth-order valence-corrected chi connectivity index (χ4v) is 4.61. The molecule has 33 heavy (non-hydrogen) atoms. The van der Waals surface area contributed by atoms with Crippen LogP contribution in [0, 0.1) is 13.8 Å². The van der Waals surface area contributed by atoms with Gasteiger partial charge >= 0.3 is 5.97 Å². The number of benzene rings is 2. The highest BCUT2D eigenvalue weighted by atomic mass is 32.1. The highest BCUT2D eigenvalue weighted by Crippen LogP contribution is 2.35. The molecule has 0 aliphatic carbocycles. The van der Waals surface area contributed by atoms with Gasteiger partial charge in [0.25, 0.3) is 5.56 Å². The minimum absolute atomic E-state index is 0.201. The molecule has 2 aromatic heterocycles. The van der Waals surface area contributed by atoms with Crippen molar-refractivity contribution in [2.24, 2.45) is 0 Å². The standard InChI is InChI=1S/C25H23N3O4S/c1-4-32-25(31)18-6-5-7-19(12-18)27-20(29)13-28-14-26-23-22(24(28)30)21(16(3)33-23)17-10-8-15(2)9-11-17/h5-12,14H,4,13H2,1-3H3,(H,27,29). The van der Waals surface area contributed by atoms with Crippen LogP contribution >= 0.6 is 11.3 Å². The Kier molecular flexibility index (Phi) is 6.37. The topological polar surface area (TPSA) is 90.3 Å². The fraction of sp³-hybridized carbons (Fsp3) is 0.200. The molecule has 0 saturated carbocycles. The summed E-state index contributed by atoms with van der Waals surface area (Å²) >= 11 is 1.46. The number of aryl methyl sites for hydroxylation is 2. The number of thiophene rings is 1. The zero-order valence-electron chi connectivity index (χ0n) is 18.5. The average molecular weight is 462 g/mol. The molecular weight excluding hydrogens is 438 g/mol. The van der Waals surface area contributed by atoms with E-state index in [1.165, 1.54) is 28.3 Å². The molecule has 0 atom stereocenters. The molecule has 0 radical (unpaired) electrons. The molecule has 0 unspecified atom stereocenters. The van der Waals surface area contributed by atoms with Gasteiger partial charge in [0, 0.05) is 16.1 Å². The Hall–Kier alpha value is -3.78. The predicted molar refractivity (Wildman–Crippen MR) is 130 cm³/mol. The number of amides is 1. The third-order valence-corrected chi connectivity index (χ3v) is 6.18. The Balaban J connectivity index is 1.61. The van der Waals surface area contributed by atoms with Crippen LogP contribution in [0.25, 0.3) is 21.3 Å². The molecule has 2 heterocycles. The van der Waals surface area contributed by atoms with Crippen molar-refractivity contribution < 1.29 is 14.3 Å². The number of rotatable bonds is 6. The van der Waals surface area contributed by atoms with Gasteiger partial charge in [-0.05, 0) is 44.5 Å². The van der Waals surface area contributed by atoms with E-state index in [1.807, 2.05) is 38.1 Å². The van der Waals surface area contributed by atoms with Crippen LogP contribution in [0.4, 0.5) is 5.69 Å². The van der Waals surface area contributed by atoms with E-state index in [0.29, 0.717) is 21.5 Å². The van der Waals surface area contributed by atoms with Crippen LogP contribution in [0.1, 0.15) is 27.7 Å². The molecule has 8 heteroatoms. The molecule has 0 aliphatic rings. The monoisotopic (exact) mass is 461 g/mol. The first-order valence-corrected chi connectivity index (χ1v) is 11.3. The normalized spacial score (nSPS) is 10.9. The molecule has 0 aliphatic heterocycles. The molecule has 0 saturated heterocycles. The summed E-state index contributed by atoms with van der Waals surface area (Å²) in [6.07, 6.45) is 1.40. The van der Waals surface area contributed by atoms with Gasteiger partial charge in [-0.1, -0.05) is 35.9 Å². The average Bonchev–Trinajstić information content (AvgIpc) is 3.13. The summed E-state index contributed by atoms with van der Waals surface area (Å²) in [5.74, 6) is -0.862. The third-order valence-electron chi connectivity index (χ3n) is 5.17. The van der Waals surface area contributed by atoms with Gasteiger partial charge < -0.3 is 10.1 Å². The maximum absolute atomic E-state index is 13.3. The Labute approximate surface area is 194 Å². The van der Waals surface area contributed by atoms with Crippen LogP contribution in [-0.2, 0) is 16.1 Å². The lowest BCUT2D eigenvalue weighted by atomic mass is 10.0. The van der Waals surface area contributed by atoms with Crippen molar-refractivity contribution in [2.75, 3.05) is 11.9 Å².